The molecule has 3 heteroatoms. The molecule has 0 radical (unpaired) electrons. The molecule has 0 amide bonds. The summed E-state index contributed by atoms with van der Waals surface area (Å²) in [6.45, 7) is 10.1. The Labute approximate surface area is 140 Å². The summed E-state index contributed by atoms with van der Waals surface area (Å²) in [5, 5.41) is 0. The maximum atomic E-state index is 11.0. The molecule has 23 heavy (non-hydrogen) atoms. The van der Waals surface area contributed by atoms with Crippen molar-refractivity contribution in [3.8, 4) is 5.88 Å². The second-order valence-electron chi connectivity index (χ2n) is 6.21. The van der Waals surface area contributed by atoms with Gasteiger partial charge in [-0.2, -0.15) is 0 Å². The normalized spacial score (nSPS) is 12.2. The van der Waals surface area contributed by atoms with Gasteiger partial charge >= 0.3 is 0 Å². The smallest absolute Gasteiger partial charge is 0.213 e. The number of nitrogens with zero attached hydrogens (tertiary/aromatic N) is 1. The van der Waals surface area contributed by atoms with Gasteiger partial charge in [0.25, 0.3) is 0 Å². The SMILES string of the molecule is CCC[C@H](C/C=C/CC(C=O)=C(C)C)Oc1cc(C)cc(C)n1. The van der Waals surface area contributed by atoms with E-state index in [0.717, 1.165) is 48.0 Å². The first-order valence-electron chi connectivity index (χ1n) is 8.34. The Morgan fingerprint density at radius 2 is 2.00 bits per heavy atom. The van der Waals surface area contributed by atoms with Crippen LogP contribution in [-0.4, -0.2) is 17.4 Å². The van der Waals surface area contributed by atoms with Gasteiger partial charge in [-0.15, -0.1) is 0 Å². The van der Waals surface area contributed by atoms with Crippen LogP contribution in [0.3, 0.4) is 0 Å². The molecule has 0 fully saturated rings. The van der Waals surface area contributed by atoms with Crippen molar-refractivity contribution in [2.24, 2.45) is 0 Å². The zero-order valence-corrected chi connectivity index (χ0v) is 15.1. The summed E-state index contributed by atoms with van der Waals surface area (Å²) in [7, 11) is 0. The molecule has 0 unspecified atom stereocenters. The maximum Gasteiger partial charge on any atom is 0.213 e. The van der Waals surface area contributed by atoms with E-state index < -0.39 is 0 Å². The number of aromatic nitrogens is 1. The molecule has 0 aliphatic rings. The first-order valence-corrected chi connectivity index (χ1v) is 8.34. The van der Waals surface area contributed by atoms with Crippen LogP contribution in [-0.2, 0) is 4.79 Å². The van der Waals surface area contributed by atoms with Gasteiger partial charge in [-0.1, -0.05) is 31.1 Å². The van der Waals surface area contributed by atoms with Crippen LogP contribution in [0.5, 0.6) is 5.88 Å². The lowest BCUT2D eigenvalue weighted by Crippen LogP contribution is -2.16. The number of aryl methyl sites for hydroxylation is 2. The largest absolute Gasteiger partial charge is 0.474 e. The Hall–Kier alpha value is -1.90. The molecule has 0 spiro atoms. The zero-order chi connectivity index (χ0) is 17.2. The summed E-state index contributed by atoms with van der Waals surface area (Å²) in [5.41, 5.74) is 4.07. The lowest BCUT2D eigenvalue weighted by atomic mass is 10.1. The van der Waals surface area contributed by atoms with E-state index in [1.54, 1.807) is 0 Å². The third-order valence-corrected chi connectivity index (χ3v) is 3.66. The Balaban J connectivity index is 2.64. The Morgan fingerprint density at radius 1 is 1.26 bits per heavy atom. The van der Waals surface area contributed by atoms with Crippen LogP contribution in [0.25, 0.3) is 0 Å². The van der Waals surface area contributed by atoms with Gasteiger partial charge in [-0.25, -0.2) is 4.98 Å². The number of carbonyl (C=O) groups is 1. The van der Waals surface area contributed by atoms with E-state index in [1.165, 1.54) is 0 Å². The fourth-order valence-corrected chi connectivity index (χ4v) is 2.41. The van der Waals surface area contributed by atoms with Crippen molar-refractivity contribution in [2.75, 3.05) is 0 Å². The molecule has 0 aromatic carbocycles. The highest BCUT2D eigenvalue weighted by Crippen LogP contribution is 2.17. The van der Waals surface area contributed by atoms with Gasteiger partial charge in [0, 0.05) is 18.2 Å². The van der Waals surface area contributed by atoms with Crippen LogP contribution in [0.15, 0.2) is 35.4 Å². The second-order valence-corrected chi connectivity index (χ2v) is 6.21. The number of rotatable bonds is 9. The van der Waals surface area contributed by atoms with Gasteiger partial charge in [0.1, 0.15) is 12.4 Å². The number of carbonyl (C=O) groups excluding carboxylic acids is 1. The Morgan fingerprint density at radius 3 is 2.57 bits per heavy atom. The minimum atomic E-state index is 0.122. The molecule has 3 nitrogen and oxygen atoms in total. The number of aldehydes is 1. The minimum absolute atomic E-state index is 0.122. The maximum absolute atomic E-state index is 11.0. The monoisotopic (exact) mass is 315 g/mol. The van der Waals surface area contributed by atoms with Crippen molar-refractivity contribution < 1.29 is 9.53 Å². The van der Waals surface area contributed by atoms with E-state index in [9.17, 15) is 4.79 Å². The average Bonchev–Trinajstić information content (AvgIpc) is 2.45. The van der Waals surface area contributed by atoms with Crippen LogP contribution in [0, 0.1) is 13.8 Å². The van der Waals surface area contributed by atoms with Crippen molar-refractivity contribution in [1.29, 1.82) is 0 Å². The van der Waals surface area contributed by atoms with E-state index >= 15 is 0 Å². The van der Waals surface area contributed by atoms with Crippen LogP contribution >= 0.6 is 0 Å². The predicted molar refractivity (Wildman–Crippen MR) is 95.8 cm³/mol. The van der Waals surface area contributed by atoms with Gasteiger partial charge in [-0.3, -0.25) is 4.79 Å². The molecule has 0 aliphatic carbocycles. The third-order valence-electron chi connectivity index (χ3n) is 3.66. The summed E-state index contributed by atoms with van der Waals surface area (Å²) in [6.07, 6.45) is 8.80. The van der Waals surface area contributed by atoms with Crippen molar-refractivity contribution >= 4 is 6.29 Å². The first kappa shape index (κ1) is 19.1. The standard InChI is InChI=1S/C20H29NO2/c1-6-9-19(11-8-7-10-18(14-22)15(2)3)23-20-13-16(4)12-17(5)21-20/h7-8,12-14,19H,6,9-11H2,1-5H3/b8-7+/t19-/m1/s1. The van der Waals surface area contributed by atoms with E-state index in [2.05, 4.69) is 31.0 Å². The fourth-order valence-electron chi connectivity index (χ4n) is 2.41. The lowest BCUT2D eigenvalue weighted by Gasteiger charge is -2.17. The second kappa shape index (κ2) is 9.98. The number of hydrogen-bond acceptors (Lipinski definition) is 3. The number of allylic oxidation sites excluding steroid dienone is 3. The minimum Gasteiger partial charge on any atom is -0.474 e. The van der Waals surface area contributed by atoms with Gasteiger partial charge in [0.05, 0.1) is 0 Å². The van der Waals surface area contributed by atoms with E-state index in [4.69, 9.17) is 4.74 Å². The van der Waals surface area contributed by atoms with Gasteiger partial charge in [-0.05, 0) is 57.7 Å². The topological polar surface area (TPSA) is 39.2 Å². The van der Waals surface area contributed by atoms with Crippen LogP contribution in [0.4, 0.5) is 0 Å². The van der Waals surface area contributed by atoms with Crippen LogP contribution in [0.2, 0.25) is 0 Å². The Bertz CT molecular complexity index is 549. The molecule has 1 heterocycles. The molecular formula is C20H29NO2. The van der Waals surface area contributed by atoms with Crippen molar-refractivity contribution in [1.82, 2.24) is 4.98 Å². The van der Waals surface area contributed by atoms with E-state index in [-0.39, 0.29) is 6.10 Å². The summed E-state index contributed by atoms with van der Waals surface area (Å²) < 4.78 is 6.05. The molecule has 0 N–H and O–H groups in total. The summed E-state index contributed by atoms with van der Waals surface area (Å²) in [4.78, 5) is 15.4. The van der Waals surface area contributed by atoms with Crippen LogP contribution < -0.4 is 4.74 Å². The van der Waals surface area contributed by atoms with Gasteiger partial charge in [0.2, 0.25) is 5.88 Å². The molecular weight excluding hydrogens is 286 g/mol. The molecule has 1 aromatic heterocycles. The molecule has 1 aromatic rings. The van der Waals surface area contributed by atoms with Crippen LogP contribution in [0.1, 0.15) is 57.7 Å². The Kier molecular flexibility index (Phi) is 8.31. The first-order chi connectivity index (χ1) is 11.0. The number of pyridine rings is 1. The molecule has 0 saturated heterocycles. The van der Waals surface area contributed by atoms with Gasteiger partial charge < -0.3 is 4.74 Å². The number of hydrogen-bond donors (Lipinski definition) is 0. The summed E-state index contributed by atoms with van der Waals surface area (Å²) >= 11 is 0. The molecule has 0 bridgehead atoms. The van der Waals surface area contributed by atoms with Crippen molar-refractivity contribution in [3.63, 3.8) is 0 Å². The highest BCUT2D eigenvalue weighted by atomic mass is 16.5. The van der Waals surface area contributed by atoms with E-state index in [0.29, 0.717) is 12.3 Å². The molecule has 126 valence electrons. The molecule has 1 rings (SSSR count). The molecule has 0 aliphatic heterocycles. The summed E-state index contributed by atoms with van der Waals surface area (Å²) in [6, 6.07) is 4.02. The van der Waals surface area contributed by atoms with Crippen molar-refractivity contribution in [2.45, 2.75) is 66.4 Å². The lowest BCUT2D eigenvalue weighted by molar-refractivity contribution is -0.105. The summed E-state index contributed by atoms with van der Waals surface area (Å²) in [5.74, 6) is 0.701. The predicted octanol–water partition coefficient (Wildman–Crippen LogP) is 5.12. The van der Waals surface area contributed by atoms with E-state index in [1.807, 2.05) is 32.9 Å². The molecule has 1 atom stereocenters. The third kappa shape index (κ3) is 7.27. The quantitative estimate of drug-likeness (QED) is 0.361. The zero-order valence-electron chi connectivity index (χ0n) is 15.1. The number of ether oxygens (including phenoxy) is 1. The van der Waals surface area contributed by atoms with Crippen molar-refractivity contribution in [3.05, 3.63) is 46.7 Å². The molecule has 0 saturated carbocycles. The highest BCUT2D eigenvalue weighted by molar-refractivity contribution is 5.74. The average molecular weight is 315 g/mol. The highest BCUT2D eigenvalue weighted by Gasteiger charge is 2.09. The van der Waals surface area contributed by atoms with Gasteiger partial charge in [0.15, 0.2) is 0 Å². The fraction of sp³-hybridized carbons (Fsp3) is 0.500.